The van der Waals surface area contributed by atoms with Crippen LogP contribution >= 0.6 is 23.4 Å². The van der Waals surface area contributed by atoms with Gasteiger partial charge < -0.3 is 15.2 Å². The quantitative estimate of drug-likeness (QED) is 0.461. The molecule has 7 nitrogen and oxygen atoms in total. The fourth-order valence-corrected chi connectivity index (χ4v) is 4.12. The fourth-order valence-electron chi connectivity index (χ4n) is 3.13. The van der Waals surface area contributed by atoms with Crippen LogP contribution in [0.1, 0.15) is 47.2 Å². The number of hydrogen-bond acceptors (Lipinski definition) is 5. The van der Waals surface area contributed by atoms with Crippen LogP contribution in [0, 0.1) is 13.8 Å². The number of amides is 2. The van der Waals surface area contributed by atoms with Gasteiger partial charge in [-0.05, 0) is 57.5 Å². The second kappa shape index (κ2) is 10.7. The Bertz CT molecular complexity index is 1110. The SMILES string of the molecule is CCn1c(SCC(=O)Nc2cccc(Cl)c2C)nnc1[C@H](C)NC(=O)c1ccc(C)cc1. The molecule has 2 N–H and O–H groups in total. The Labute approximate surface area is 197 Å². The Morgan fingerprint density at radius 2 is 1.84 bits per heavy atom. The highest BCUT2D eigenvalue weighted by atomic mass is 35.5. The molecule has 0 aliphatic rings. The number of rotatable bonds is 8. The summed E-state index contributed by atoms with van der Waals surface area (Å²) in [5.74, 6) is 0.484. The Kier molecular flexibility index (Phi) is 7.93. The van der Waals surface area contributed by atoms with Crippen molar-refractivity contribution in [2.45, 2.75) is 45.4 Å². The molecule has 0 unspecified atom stereocenters. The zero-order chi connectivity index (χ0) is 23.3. The van der Waals surface area contributed by atoms with E-state index in [1.165, 1.54) is 11.8 Å². The summed E-state index contributed by atoms with van der Waals surface area (Å²) in [6.45, 7) is 8.29. The van der Waals surface area contributed by atoms with E-state index in [1.807, 2.05) is 50.5 Å². The summed E-state index contributed by atoms with van der Waals surface area (Å²) >= 11 is 7.41. The van der Waals surface area contributed by atoms with Gasteiger partial charge in [0.25, 0.3) is 5.91 Å². The van der Waals surface area contributed by atoms with Crippen molar-refractivity contribution in [3.63, 3.8) is 0 Å². The molecule has 0 radical (unpaired) electrons. The third-order valence-corrected chi connectivity index (χ3v) is 6.36. The molecule has 2 amide bonds. The number of aryl methyl sites for hydroxylation is 1. The monoisotopic (exact) mass is 471 g/mol. The highest BCUT2D eigenvalue weighted by Crippen LogP contribution is 2.24. The molecule has 168 valence electrons. The van der Waals surface area contributed by atoms with E-state index in [0.717, 1.165) is 11.1 Å². The van der Waals surface area contributed by atoms with Gasteiger partial charge in [-0.25, -0.2) is 0 Å². The lowest BCUT2D eigenvalue weighted by molar-refractivity contribution is -0.113. The van der Waals surface area contributed by atoms with Gasteiger partial charge in [0.2, 0.25) is 5.91 Å². The summed E-state index contributed by atoms with van der Waals surface area (Å²) in [5, 5.41) is 15.6. The number of nitrogens with zero attached hydrogens (tertiary/aromatic N) is 3. The summed E-state index contributed by atoms with van der Waals surface area (Å²) in [6, 6.07) is 12.4. The molecule has 32 heavy (non-hydrogen) atoms. The van der Waals surface area contributed by atoms with Crippen LogP contribution in [-0.2, 0) is 11.3 Å². The van der Waals surface area contributed by atoms with Crippen molar-refractivity contribution in [1.29, 1.82) is 0 Å². The molecule has 0 saturated heterocycles. The first kappa shape index (κ1) is 23.8. The number of carbonyl (C=O) groups is 2. The van der Waals surface area contributed by atoms with E-state index in [9.17, 15) is 9.59 Å². The first-order chi connectivity index (χ1) is 15.3. The number of halogens is 1. The molecule has 0 aliphatic carbocycles. The van der Waals surface area contributed by atoms with Crippen molar-refractivity contribution in [3.8, 4) is 0 Å². The second-order valence-corrected chi connectivity index (χ2v) is 8.75. The summed E-state index contributed by atoms with van der Waals surface area (Å²) in [7, 11) is 0. The zero-order valence-corrected chi connectivity index (χ0v) is 20.0. The zero-order valence-electron chi connectivity index (χ0n) is 18.5. The van der Waals surface area contributed by atoms with Crippen LogP contribution in [0.5, 0.6) is 0 Å². The molecule has 0 bridgehead atoms. The van der Waals surface area contributed by atoms with E-state index >= 15 is 0 Å². The molecule has 0 fully saturated rings. The third-order valence-electron chi connectivity index (χ3n) is 4.98. The third kappa shape index (κ3) is 5.69. The molecule has 0 spiro atoms. The van der Waals surface area contributed by atoms with Crippen molar-refractivity contribution in [3.05, 3.63) is 70.0 Å². The lowest BCUT2D eigenvalue weighted by atomic mass is 10.1. The van der Waals surface area contributed by atoms with Gasteiger partial charge in [-0.2, -0.15) is 0 Å². The van der Waals surface area contributed by atoms with E-state index in [2.05, 4.69) is 20.8 Å². The normalized spacial score (nSPS) is 11.8. The van der Waals surface area contributed by atoms with E-state index in [-0.39, 0.29) is 23.6 Å². The Morgan fingerprint density at radius 3 is 2.53 bits per heavy atom. The maximum absolute atomic E-state index is 12.6. The predicted octanol–water partition coefficient (Wildman–Crippen LogP) is 4.79. The molecular formula is C23H26ClN5O2S. The molecule has 2 aromatic carbocycles. The van der Waals surface area contributed by atoms with Crippen molar-refractivity contribution < 1.29 is 9.59 Å². The first-order valence-electron chi connectivity index (χ1n) is 10.3. The summed E-state index contributed by atoms with van der Waals surface area (Å²) < 4.78 is 1.91. The van der Waals surface area contributed by atoms with Crippen LogP contribution in [0.25, 0.3) is 0 Å². The predicted molar refractivity (Wildman–Crippen MR) is 128 cm³/mol. The van der Waals surface area contributed by atoms with Crippen LogP contribution in [-0.4, -0.2) is 32.3 Å². The maximum atomic E-state index is 12.6. The van der Waals surface area contributed by atoms with Gasteiger partial charge in [0.15, 0.2) is 11.0 Å². The smallest absolute Gasteiger partial charge is 0.251 e. The second-order valence-electron chi connectivity index (χ2n) is 7.40. The minimum absolute atomic E-state index is 0.159. The van der Waals surface area contributed by atoms with Gasteiger partial charge in [0.05, 0.1) is 11.8 Å². The van der Waals surface area contributed by atoms with Crippen LogP contribution in [0.15, 0.2) is 47.6 Å². The molecule has 1 aromatic heterocycles. The number of anilines is 1. The molecule has 3 aromatic rings. The van der Waals surface area contributed by atoms with Crippen LogP contribution in [0.3, 0.4) is 0 Å². The molecule has 0 aliphatic heterocycles. The number of benzene rings is 2. The van der Waals surface area contributed by atoms with E-state index in [0.29, 0.717) is 33.8 Å². The Morgan fingerprint density at radius 1 is 1.12 bits per heavy atom. The lowest BCUT2D eigenvalue weighted by Gasteiger charge is -2.15. The highest BCUT2D eigenvalue weighted by Gasteiger charge is 2.20. The van der Waals surface area contributed by atoms with Gasteiger partial charge in [-0.3, -0.25) is 9.59 Å². The first-order valence-corrected chi connectivity index (χ1v) is 11.6. The molecule has 3 rings (SSSR count). The van der Waals surface area contributed by atoms with Crippen LogP contribution < -0.4 is 10.6 Å². The molecule has 0 saturated carbocycles. The van der Waals surface area contributed by atoms with E-state index in [1.54, 1.807) is 24.3 Å². The van der Waals surface area contributed by atoms with Crippen molar-refractivity contribution in [2.75, 3.05) is 11.1 Å². The van der Waals surface area contributed by atoms with Gasteiger partial charge in [0, 0.05) is 22.8 Å². The average Bonchev–Trinajstić information content (AvgIpc) is 3.19. The van der Waals surface area contributed by atoms with Crippen molar-refractivity contribution in [1.82, 2.24) is 20.1 Å². The molecular weight excluding hydrogens is 446 g/mol. The molecule has 9 heteroatoms. The number of aromatic nitrogens is 3. The maximum Gasteiger partial charge on any atom is 0.251 e. The Balaban J connectivity index is 1.63. The van der Waals surface area contributed by atoms with Crippen molar-refractivity contribution >= 4 is 40.9 Å². The van der Waals surface area contributed by atoms with Gasteiger partial charge in [-0.1, -0.05) is 47.1 Å². The summed E-state index contributed by atoms with van der Waals surface area (Å²) in [5.41, 5.74) is 3.20. The van der Waals surface area contributed by atoms with Crippen molar-refractivity contribution in [2.24, 2.45) is 0 Å². The molecule has 1 heterocycles. The Hall–Kier alpha value is -2.84. The van der Waals surface area contributed by atoms with Crippen LogP contribution in [0.4, 0.5) is 5.69 Å². The molecule has 1 atom stereocenters. The summed E-state index contributed by atoms with van der Waals surface area (Å²) in [6.07, 6.45) is 0. The van der Waals surface area contributed by atoms with Crippen LogP contribution in [0.2, 0.25) is 5.02 Å². The fraction of sp³-hybridized carbons (Fsp3) is 0.304. The number of carbonyl (C=O) groups excluding carboxylic acids is 2. The number of thioether (sulfide) groups is 1. The van der Waals surface area contributed by atoms with Gasteiger partial charge >= 0.3 is 0 Å². The van der Waals surface area contributed by atoms with E-state index < -0.39 is 0 Å². The lowest BCUT2D eigenvalue weighted by Crippen LogP contribution is -2.28. The van der Waals surface area contributed by atoms with Gasteiger partial charge in [0.1, 0.15) is 0 Å². The van der Waals surface area contributed by atoms with Gasteiger partial charge in [-0.15, -0.1) is 10.2 Å². The largest absolute Gasteiger partial charge is 0.342 e. The van der Waals surface area contributed by atoms with E-state index in [4.69, 9.17) is 11.6 Å². The standard InChI is InChI=1S/C23H26ClN5O2S/c1-5-29-21(16(4)25-22(31)17-11-9-14(2)10-12-17)27-28-23(29)32-13-20(30)26-19-8-6-7-18(24)15(19)3/h6-12,16H,5,13H2,1-4H3,(H,25,31)(H,26,30)/t16-/m0/s1. The highest BCUT2D eigenvalue weighted by molar-refractivity contribution is 7.99. The number of nitrogens with one attached hydrogen (secondary N) is 2. The summed E-state index contributed by atoms with van der Waals surface area (Å²) in [4.78, 5) is 25.0. The topological polar surface area (TPSA) is 88.9 Å². The minimum Gasteiger partial charge on any atom is -0.342 e. The average molecular weight is 472 g/mol. The minimum atomic E-state index is -0.339. The number of hydrogen-bond donors (Lipinski definition) is 2.